The third-order valence-electron chi connectivity index (χ3n) is 8.18. The maximum absolute atomic E-state index is 5.43. The third kappa shape index (κ3) is 3.31. The number of ether oxygens (including phenoxy) is 1. The van der Waals surface area contributed by atoms with Gasteiger partial charge in [-0.1, -0.05) is 98.8 Å². The van der Waals surface area contributed by atoms with Gasteiger partial charge in [-0.2, -0.15) is 0 Å². The molecule has 0 atom stereocenters. The fourth-order valence-corrected chi connectivity index (χ4v) is 6.17. The lowest BCUT2D eigenvalue weighted by Crippen LogP contribution is -2.14. The molecule has 0 N–H and O–H groups in total. The van der Waals surface area contributed by atoms with E-state index in [-0.39, 0.29) is 5.41 Å². The maximum atomic E-state index is 5.43. The highest BCUT2D eigenvalue weighted by Gasteiger charge is 2.35. The predicted molar refractivity (Wildman–Crippen MR) is 156 cm³/mol. The first-order valence-corrected chi connectivity index (χ1v) is 12.9. The molecule has 0 amide bonds. The molecule has 0 aromatic heterocycles. The second kappa shape index (κ2) is 8.08. The van der Waals surface area contributed by atoms with Gasteiger partial charge in [-0.3, -0.25) is 0 Å². The van der Waals surface area contributed by atoms with E-state index in [4.69, 9.17) is 4.74 Å². The summed E-state index contributed by atoms with van der Waals surface area (Å²) in [5, 5.41) is 5.10. The Kier molecular flexibility index (Phi) is 4.78. The molecule has 6 aromatic rings. The molecular weight excluding hydrogens is 448 g/mol. The van der Waals surface area contributed by atoms with Crippen molar-refractivity contribution in [2.24, 2.45) is 0 Å². The molecule has 6 aromatic carbocycles. The lowest BCUT2D eigenvalue weighted by Gasteiger charge is -2.22. The van der Waals surface area contributed by atoms with Gasteiger partial charge in [0.05, 0.1) is 7.11 Å². The Hall–Kier alpha value is -4.36. The molecule has 0 bridgehead atoms. The van der Waals surface area contributed by atoms with Crippen molar-refractivity contribution in [3.05, 3.63) is 126 Å². The van der Waals surface area contributed by atoms with E-state index >= 15 is 0 Å². The summed E-state index contributed by atoms with van der Waals surface area (Å²) >= 11 is 0. The van der Waals surface area contributed by atoms with Crippen LogP contribution in [0.15, 0.2) is 115 Å². The van der Waals surface area contributed by atoms with Crippen molar-refractivity contribution in [3.8, 4) is 39.1 Å². The first kappa shape index (κ1) is 21.9. The second-order valence-corrected chi connectivity index (χ2v) is 10.6. The number of methoxy groups -OCH3 is 1. The van der Waals surface area contributed by atoms with E-state index in [1.807, 2.05) is 12.1 Å². The Morgan fingerprint density at radius 1 is 0.486 bits per heavy atom. The van der Waals surface area contributed by atoms with Gasteiger partial charge in [-0.25, -0.2) is 0 Å². The van der Waals surface area contributed by atoms with E-state index in [9.17, 15) is 0 Å². The Morgan fingerprint density at radius 3 is 1.92 bits per heavy atom. The molecule has 7 rings (SSSR count). The van der Waals surface area contributed by atoms with E-state index in [2.05, 4.69) is 117 Å². The van der Waals surface area contributed by atoms with E-state index in [0.29, 0.717) is 0 Å². The van der Waals surface area contributed by atoms with Crippen LogP contribution in [0.2, 0.25) is 0 Å². The van der Waals surface area contributed by atoms with E-state index in [0.717, 1.165) is 5.75 Å². The van der Waals surface area contributed by atoms with Crippen LogP contribution in [0.25, 0.3) is 54.9 Å². The normalized spacial score (nSPS) is 13.5. The molecule has 37 heavy (non-hydrogen) atoms. The largest absolute Gasteiger partial charge is 0.497 e. The topological polar surface area (TPSA) is 9.23 Å². The van der Waals surface area contributed by atoms with Gasteiger partial charge in [0.1, 0.15) is 5.75 Å². The third-order valence-corrected chi connectivity index (χ3v) is 8.18. The number of hydrogen-bond acceptors (Lipinski definition) is 1. The first-order chi connectivity index (χ1) is 18.0. The minimum absolute atomic E-state index is 0.0454. The molecule has 0 spiro atoms. The molecule has 1 nitrogen and oxygen atoms in total. The predicted octanol–water partition coefficient (Wildman–Crippen LogP) is 9.64. The summed E-state index contributed by atoms with van der Waals surface area (Å²) in [6, 6.07) is 42.2. The quantitative estimate of drug-likeness (QED) is 0.247. The summed E-state index contributed by atoms with van der Waals surface area (Å²) in [6.07, 6.45) is 0. The van der Waals surface area contributed by atoms with Crippen molar-refractivity contribution < 1.29 is 4.74 Å². The second-order valence-electron chi connectivity index (χ2n) is 10.6. The van der Waals surface area contributed by atoms with Gasteiger partial charge in [0.15, 0.2) is 0 Å². The monoisotopic (exact) mass is 476 g/mol. The molecule has 1 heteroatoms. The van der Waals surface area contributed by atoms with Crippen molar-refractivity contribution in [3.63, 3.8) is 0 Å². The van der Waals surface area contributed by atoms with Gasteiger partial charge in [-0.15, -0.1) is 0 Å². The van der Waals surface area contributed by atoms with Crippen molar-refractivity contribution in [1.82, 2.24) is 0 Å². The lowest BCUT2D eigenvalue weighted by molar-refractivity contribution is 0.415. The molecule has 0 saturated carbocycles. The van der Waals surface area contributed by atoms with E-state index in [1.54, 1.807) is 7.11 Å². The van der Waals surface area contributed by atoms with Gasteiger partial charge >= 0.3 is 0 Å². The minimum Gasteiger partial charge on any atom is -0.497 e. The smallest absolute Gasteiger partial charge is 0.118 e. The Morgan fingerprint density at radius 2 is 1.14 bits per heavy atom. The molecule has 0 heterocycles. The zero-order valence-corrected chi connectivity index (χ0v) is 21.4. The van der Waals surface area contributed by atoms with Crippen LogP contribution in [0.4, 0.5) is 0 Å². The summed E-state index contributed by atoms with van der Waals surface area (Å²) in [7, 11) is 1.71. The van der Waals surface area contributed by atoms with Crippen LogP contribution in [-0.4, -0.2) is 7.11 Å². The van der Waals surface area contributed by atoms with Crippen LogP contribution in [0, 0.1) is 0 Å². The van der Waals surface area contributed by atoms with Crippen LogP contribution >= 0.6 is 0 Å². The Bertz CT molecular complexity index is 1820. The highest BCUT2D eigenvalue weighted by Crippen LogP contribution is 2.51. The highest BCUT2D eigenvalue weighted by molar-refractivity contribution is 6.09. The van der Waals surface area contributed by atoms with Crippen LogP contribution < -0.4 is 4.74 Å². The summed E-state index contributed by atoms with van der Waals surface area (Å²) in [5.74, 6) is 0.873. The highest BCUT2D eigenvalue weighted by atomic mass is 16.5. The van der Waals surface area contributed by atoms with E-state index in [1.165, 1.54) is 66.1 Å². The zero-order valence-electron chi connectivity index (χ0n) is 21.4. The van der Waals surface area contributed by atoms with Gasteiger partial charge in [0, 0.05) is 5.41 Å². The van der Waals surface area contributed by atoms with Gasteiger partial charge in [0.2, 0.25) is 0 Å². The average Bonchev–Trinajstić information content (AvgIpc) is 3.17. The van der Waals surface area contributed by atoms with Crippen LogP contribution in [0.3, 0.4) is 0 Å². The lowest BCUT2D eigenvalue weighted by atomic mass is 9.80. The number of fused-ring (bicyclic) bond motifs is 5. The molecule has 1 aliphatic rings. The summed E-state index contributed by atoms with van der Waals surface area (Å²) in [4.78, 5) is 0. The molecule has 0 fully saturated rings. The molecule has 0 radical (unpaired) electrons. The first-order valence-electron chi connectivity index (χ1n) is 12.9. The minimum atomic E-state index is -0.0454. The van der Waals surface area contributed by atoms with Crippen LogP contribution in [0.5, 0.6) is 5.75 Å². The van der Waals surface area contributed by atoms with Gasteiger partial charge in [0.25, 0.3) is 0 Å². The van der Waals surface area contributed by atoms with Crippen molar-refractivity contribution in [2.45, 2.75) is 19.3 Å². The van der Waals surface area contributed by atoms with Crippen molar-refractivity contribution in [2.75, 3.05) is 7.11 Å². The number of benzene rings is 6. The molecule has 0 saturated heterocycles. The molecule has 1 aliphatic carbocycles. The summed E-state index contributed by atoms with van der Waals surface area (Å²) < 4.78 is 5.43. The SMILES string of the molecule is COc1ccc(-c2ccc(-c3ccc4ccccc4c3)c3cc4c(cc23)C(C)(C)c2ccccc2-4)cc1. The van der Waals surface area contributed by atoms with Gasteiger partial charge in [-0.05, 0) is 96.4 Å². The Labute approximate surface area is 218 Å². The summed E-state index contributed by atoms with van der Waals surface area (Å²) in [6.45, 7) is 4.70. The van der Waals surface area contributed by atoms with Crippen molar-refractivity contribution in [1.29, 1.82) is 0 Å². The summed E-state index contributed by atoms with van der Waals surface area (Å²) in [5.41, 5.74) is 10.4. The molecular formula is C36H28O. The van der Waals surface area contributed by atoms with Crippen LogP contribution in [-0.2, 0) is 5.41 Å². The molecule has 0 unspecified atom stereocenters. The van der Waals surface area contributed by atoms with Gasteiger partial charge < -0.3 is 4.74 Å². The zero-order chi connectivity index (χ0) is 25.1. The Balaban J connectivity index is 1.54. The maximum Gasteiger partial charge on any atom is 0.118 e. The average molecular weight is 477 g/mol. The number of hydrogen-bond donors (Lipinski definition) is 0. The molecule has 0 aliphatic heterocycles. The number of rotatable bonds is 3. The fraction of sp³-hybridized carbons (Fsp3) is 0.111. The van der Waals surface area contributed by atoms with E-state index < -0.39 is 0 Å². The van der Waals surface area contributed by atoms with Crippen molar-refractivity contribution >= 4 is 21.5 Å². The standard InChI is InChI=1S/C36H28O/c1-36(2)34-11-7-6-10-30(34)33-21-31-29(26-13-12-23-8-4-5-9-25(23)20-26)19-18-28(32(31)22-35(33)36)24-14-16-27(37-3)17-15-24/h4-22H,1-3H3. The fourth-order valence-electron chi connectivity index (χ4n) is 6.17. The molecule has 178 valence electrons. The van der Waals surface area contributed by atoms with Crippen LogP contribution in [0.1, 0.15) is 25.0 Å².